The van der Waals surface area contributed by atoms with Crippen LogP contribution in [-0.4, -0.2) is 56.1 Å². The van der Waals surface area contributed by atoms with Gasteiger partial charge in [-0.2, -0.15) is 8.78 Å². The molecular formula is C16H15F2NO4. The molecule has 5 nitrogen and oxygen atoms in total. The number of rotatable bonds is 2. The maximum atomic E-state index is 13.9. The molecule has 1 aliphatic heterocycles. The molecule has 0 spiro atoms. The Morgan fingerprint density at radius 3 is 2.39 bits per heavy atom. The zero-order valence-electron chi connectivity index (χ0n) is 12.5. The first kappa shape index (κ1) is 16.9. The second-order valence-corrected chi connectivity index (χ2v) is 4.80. The van der Waals surface area contributed by atoms with Crippen molar-refractivity contribution in [1.82, 2.24) is 4.90 Å². The van der Waals surface area contributed by atoms with E-state index in [0.29, 0.717) is 0 Å². The van der Waals surface area contributed by atoms with E-state index in [0.717, 1.165) is 4.90 Å². The number of amides is 1. The third-order valence-corrected chi connectivity index (χ3v) is 3.24. The fourth-order valence-corrected chi connectivity index (χ4v) is 1.98. The van der Waals surface area contributed by atoms with Gasteiger partial charge in [-0.1, -0.05) is 5.92 Å². The summed E-state index contributed by atoms with van der Waals surface area (Å²) in [6.07, 6.45) is 0. The monoisotopic (exact) mass is 323 g/mol. The third kappa shape index (κ3) is 4.27. The van der Waals surface area contributed by atoms with E-state index in [1.807, 2.05) is 0 Å². The molecule has 0 radical (unpaired) electrons. The van der Waals surface area contributed by atoms with E-state index in [4.69, 9.17) is 4.74 Å². The summed E-state index contributed by atoms with van der Waals surface area (Å²) in [5, 5.41) is 0. The molecule has 23 heavy (non-hydrogen) atoms. The zero-order chi connectivity index (χ0) is 16.9. The summed E-state index contributed by atoms with van der Waals surface area (Å²) < 4.78 is 37.3. The highest BCUT2D eigenvalue weighted by atomic mass is 19.3. The van der Waals surface area contributed by atoms with Crippen molar-refractivity contribution in [2.24, 2.45) is 0 Å². The van der Waals surface area contributed by atoms with E-state index in [-0.39, 0.29) is 37.4 Å². The topological polar surface area (TPSA) is 55.8 Å². The van der Waals surface area contributed by atoms with E-state index in [2.05, 4.69) is 10.7 Å². The summed E-state index contributed by atoms with van der Waals surface area (Å²) in [6, 6.07) is 5.65. The Bertz CT molecular complexity index is 640. The average molecular weight is 323 g/mol. The predicted molar refractivity (Wildman–Crippen MR) is 77.0 cm³/mol. The molecule has 0 N–H and O–H groups in total. The number of morpholine rings is 1. The van der Waals surface area contributed by atoms with Gasteiger partial charge in [-0.05, 0) is 30.2 Å². The first-order chi connectivity index (χ1) is 10.9. The first-order valence-corrected chi connectivity index (χ1v) is 6.90. The van der Waals surface area contributed by atoms with E-state index in [1.54, 1.807) is 5.92 Å². The second-order valence-electron chi connectivity index (χ2n) is 4.80. The fraction of sp³-hybridized carbons (Fsp3) is 0.375. The molecule has 2 rings (SSSR count). The smallest absolute Gasteiger partial charge is 0.385 e. The van der Waals surface area contributed by atoms with Crippen LogP contribution in [0.2, 0.25) is 0 Å². The summed E-state index contributed by atoms with van der Waals surface area (Å²) in [5.41, 5.74) is 0.557. The number of esters is 1. The highest BCUT2D eigenvalue weighted by Gasteiger charge is 2.40. The van der Waals surface area contributed by atoms with Crippen LogP contribution in [0.5, 0.6) is 0 Å². The Balaban J connectivity index is 2.09. The minimum absolute atomic E-state index is 0.129. The Labute approximate surface area is 132 Å². The van der Waals surface area contributed by atoms with Gasteiger partial charge in [-0.15, -0.1) is 0 Å². The molecule has 1 fully saturated rings. The maximum Gasteiger partial charge on any atom is 0.385 e. The lowest BCUT2D eigenvalue weighted by Crippen LogP contribution is -2.48. The minimum Gasteiger partial charge on any atom is -0.465 e. The highest BCUT2D eigenvalue weighted by molar-refractivity contribution is 5.89. The molecule has 1 aromatic rings. The van der Waals surface area contributed by atoms with Crippen LogP contribution in [0.1, 0.15) is 15.9 Å². The van der Waals surface area contributed by atoms with Crippen LogP contribution in [-0.2, 0) is 14.3 Å². The molecule has 0 saturated carbocycles. The minimum atomic E-state index is -3.77. The van der Waals surface area contributed by atoms with Crippen molar-refractivity contribution in [3.8, 4) is 11.8 Å². The van der Waals surface area contributed by atoms with Crippen LogP contribution in [0.15, 0.2) is 24.3 Å². The molecule has 1 aromatic carbocycles. The van der Waals surface area contributed by atoms with E-state index in [9.17, 15) is 18.4 Å². The van der Waals surface area contributed by atoms with Crippen LogP contribution >= 0.6 is 0 Å². The quantitative estimate of drug-likeness (QED) is 0.608. The number of carbonyl (C=O) groups is 2. The van der Waals surface area contributed by atoms with Gasteiger partial charge in [0.15, 0.2) is 0 Å². The summed E-state index contributed by atoms with van der Waals surface area (Å²) in [4.78, 5) is 24.1. The highest BCUT2D eigenvalue weighted by Crippen LogP contribution is 2.17. The molecule has 1 saturated heterocycles. The Morgan fingerprint density at radius 2 is 1.83 bits per heavy atom. The molecule has 0 bridgehead atoms. The number of hydrogen-bond acceptors (Lipinski definition) is 4. The number of carbonyl (C=O) groups excluding carboxylic acids is 2. The maximum absolute atomic E-state index is 13.9. The van der Waals surface area contributed by atoms with Crippen molar-refractivity contribution < 1.29 is 27.8 Å². The van der Waals surface area contributed by atoms with Crippen molar-refractivity contribution in [3.63, 3.8) is 0 Å². The average Bonchev–Trinajstić information content (AvgIpc) is 2.60. The standard InChI is InChI=1S/C16H15F2NO4/c1-22-14(20)13-4-2-12(3-5-13)6-7-16(17,18)15(21)19-8-10-23-11-9-19/h2-5H,8-11H2,1H3. The number of methoxy groups -OCH3 is 1. The number of hydrogen-bond donors (Lipinski definition) is 0. The summed E-state index contributed by atoms with van der Waals surface area (Å²) in [7, 11) is 1.24. The number of ether oxygens (including phenoxy) is 2. The predicted octanol–water partition coefficient (Wildman–Crippen LogP) is 1.32. The largest absolute Gasteiger partial charge is 0.465 e. The number of benzene rings is 1. The summed E-state index contributed by atoms with van der Waals surface area (Å²) in [6.45, 7) is 0.738. The third-order valence-electron chi connectivity index (χ3n) is 3.24. The zero-order valence-corrected chi connectivity index (χ0v) is 12.5. The van der Waals surface area contributed by atoms with Gasteiger partial charge >= 0.3 is 17.8 Å². The molecule has 0 aliphatic carbocycles. The van der Waals surface area contributed by atoms with Crippen LogP contribution in [0.3, 0.4) is 0 Å². The molecule has 1 amide bonds. The first-order valence-electron chi connectivity index (χ1n) is 6.90. The van der Waals surface area contributed by atoms with Crippen molar-refractivity contribution in [2.45, 2.75) is 5.92 Å². The van der Waals surface area contributed by atoms with Gasteiger partial charge in [-0.25, -0.2) is 4.79 Å². The second kappa shape index (κ2) is 7.20. The van der Waals surface area contributed by atoms with Crippen molar-refractivity contribution in [2.75, 3.05) is 33.4 Å². The van der Waals surface area contributed by atoms with Gasteiger partial charge in [0.25, 0.3) is 0 Å². The van der Waals surface area contributed by atoms with Gasteiger partial charge in [0.2, 0.25) is 0 Å². The lowest BCUT2D eigenvalue weighted by molar-refractivity contribution is -0.153. The van der Waals surface area contributed by atoms with Gasteiger partial charge in [0.05, 0.1) is 25.9 Å². The molecule has 0 atom stereocenters. The molecule has 122 valence electrons. The van der Waals surface area contributed by atoms with Gasteiger partial charge < -0.3 is 14.4 Å². The van der Waals surface area contributed by atoms with Gasteiger partial charge in [-0.3, -0.25) is 4.79 Å². The molecular weight excluding hydrogens is 308 g/mol. The van der Waals surface area contributed by atoms with Crippen molar-refractivity contribution >= 4 is 11.9 Å². The Hall–Kier alpha value is -2.46. The van der Waals surface area contributed by atoms with Gasteiger partial charge in [0.1, 0.15) is 0 Å². The van der Waals surface area contributed by atoms with Crippen molar-refractivity contribution in [3.05, 3.63) is 35.4 Å². The van der Waals surface area contributed by atoms with Crippen LogP contribution in [0.4, 0.5) is 8.78 Å². The normalized spacial score (nSPS) is 14.7. The molecule has 1 heterocycles. The number of halogens is 2. The summed E-state index contributed by atoms with van der Waals surface area (Å²) in [5.74, 6) is -1.65. The van der Waals surface area contributed by atoms with Crippen LogP contribution < -0.4 is 0 Å². The van der Waals surface area contributed by atoms with Crippen LogP contribution in [0, 0.1) is 11.8 Å². The molecule has 0 unspecified atom stereocenters. The molecule has 0 aromatic heterocycles. The lowest BCUT2D eigenvalue weighted by atomic mass is 10.1. The van der Waals surface area contributed by atoms with E-state index < -0.39 is 17.8 Å². The number of alkyl halides is 2. The Kier molecular flexibility index (Phi) is 5.29. The fourth-order valence-electron chi connectivity index (χ4n) is 1.98. The van der Waals surface area contributed by atoms with Crippen LogP contribution in [0.25, 0.3) is 0 Å². The van der Waals surface area contributed by atoms with Gasteiger partial charge in [0, 0.05) is 18.7 Å². The summed E-state index contributed by atoms with van der Waals surface area (Å²) >= 11 is 0. The van der Waals surface area contributed by atoms with E-state index in [1.165, 1.54) is 31.4 Å². The molecule has 1 aliphatic rings. The van der Waals surface area contributed by atoms with E-state index >= 15 is 0 Å². The number of nitrogens with zero attached hydrogens (tertiary/aromatic N) is 1. The SMILES string of the molecule is COC(=O)c1ccc(C#CC(F)(F)C(=O)N2CCOCC2)cc1. The Morgan fingerprint density at radius 1 is 1.22 bits per heavy atom. The van der Waals surface area contributed by atoms with Crippen molar-refractivity contribution in [1.29, 1.82) is 0 Å². The molecule has 7 heteroatoms. The lowest BCUT2D eigenvalue weighted by Gasteiger charge is -2.28.